The Hall–Kier alpha value is -2.66. The van der Waals surface area contributed by atoms with Crippen molar-refractivity contribution >= 4 is 16.0 Å². The summed E-state index contributed by atoms with van der Waals surface area (Å²) >= 11 is 0. The molecule has 1 saturated heterocycles. The van der Waals surface area contributed by atoms with E-state index in [0.717, 1.165) is 10.3 Å². The molecule has 2 heterocycles. The minimum Gasteiger partial charge on any atom is -0.295 e. The third-order valence-corrected chi connectivity index (χ3v) is 9.55. The molecule has 8 nitrogen and oxygen atoms in total. The molecule has 228 valence electrons. The largest absolute Gasteiger partial charge is 0.417 e. The zero-order valence-electron chi connectivity index (χ0n) is 21.9. The predicted molar refractivity (Wildman–Crippen MR) is 127 cm³/mol. The highest BCUT2D eigenvalue weighted by Gasteiger charge is 2.48. The Balaban J connectivity index is 1.53. The normalized spacial score (nSPS) is 20.7. The Bertz CT molecular complexity index is 1370. The second kappa shape index (κ2) is 10.9. The third-order valence-electron chi connectivity index (χ3n) is 7.81. The number of halogens is 8. The standard InChI is InChI=1S/C24H28F8N5O3S/c1-34-16-37(15-33-34)41(39,40)36-12-10-35(11-13-36)21(6-8-22(25,26)9-7-21)5-4-20(38)18-3-2-17(23(27,28)29)14-19(18)24(30,31)32/h2-3,14-16H,4-13H2,1H3/q+1. The molecule has 2 aromatic rings. The summed E-state index contributed by atoms with van der Waals surface area (Å²) in [5.41, 5.74) is -5.22. The number of piperazine rings is 1. The first kappa shape index (κ1) is 31.3. The number of carbonyl (C=O) groups is 1. The van der Waals surface area contributed by atoms with Gasteiger partial charge in [0.15, 0.2) is 5.78 Å². The molecule has 1 saturated carbocycles. The van der Waals surface area contributed by atoms with E-state index in [4.69, 9.17) is 0 Å². The molecule has 4 rings (SSSR count). The van der Waals surface area contributed by atoms with Gasteiger partial charge in [0.2, 0.25) is 12.2 Å². The number of Topliss-reactive ketones (excluding diaryl/α,β-unsaturated/α-hetero) is 1. The number of rotatable bonds is 7. The van der Waals surface area contributed by atoms with Gasteiger partial charge in [-0.05, 0) is 31.4 Å². The zero-order chi connectivity index (χ0) is 30.4. The highest BCUT2D eigenvalue weighted by molar-refractivity contribution is 7.82. The highest BCUT2D eigenvalue weighted by Crippen LogP contribution is 2.45. The second-order valence-corrected chi connectivity index (χ2v) is 12.2. The quantitative estimate of drug-likeness (QED) is 0.266. The number of nitrogens with zero attached hydrogens (tertiary/aromatic N) is 5. The van der Waals surface area contributed by atoms with Gasteiger partial charge < -0.3 is 0 Å². The van der Waals surface area contributed by atoms with Crippen LogP contribution in [0.15, 0.2) is 30.9 Å². The van der Waals surface area contributed by atoms with Crippen molar-refractivity contribution in [3.8, 4) is 0 Å². The van der Waals surface area contributed by atoms with Crippen LogP contribution in [-0.4, -0.2) is 70.8 Å². The Morgan fingerprint density at radius 2 is 1.59 bits per heavy atom. The average Bonchev–Trinajstić information content (AvgIpc) is 3.34. The summed E-state index contributed by atoms with van der Waals surface area (Å²) in [4.78, 5) is 14.8. The van der Waals surface area contributed by atoms with Gasteiger partial charge in [-0.1, -0.05) is 6.07 Å². The van der Waals surface area contributed by atoms with Crippen molar-refractivity contribution < 1.29 is 52.3 Å². The summed E-state index contributed by atoms with van der Waals surface area (Å²) < 4.78 is 137. The fourth-order valence-corrected chi connectivity index (χ4v) is 6.80. The van der Waals surface area contributed by atoms with Crippen molar-refractivity contribution in [1.29, 1.82) is 0 Å². The number of carbonyl (C=O) groups excluding carboxylic acids is 1. The summed E-state index contributed by atoms with van der Waals surface area (Å²) in [6.07, 6.45) is -9.78. The molecular weight excluding hydrogens is 590 g/mol. The molecule has 1 aromatic heterocycles. The maximum Gasteiger partial charge on any atom is 0.417 e. The van der Waals surface area contributed by atoms with Crippen molar-refractivity contribution in [1.82, 2.24) is 19.0 Å². The number of aryl methyl sites for hydroxylation is 1. The molecule has 0 amide bonds. The lowest BCUT2D eigenvalue weighted by Crippen LogP contribution is -2.62. The number of benzene rings is 1. The molecule has 0 atom stereocenters. The van der Waals surface area contributed by atoms with Gasteiger partial charge in [-0.15, -0.1) is 8.65 Å². The lowest BCUT2D eigenvalue weighted by Gasteiger charge is -2.50. The minimum atomic E-state index is -5.23. The molecule has 0 unspecified atom stereocenters. The summed E-state index contributed by atoms with van der Waals surface area (Å²) in [5, 5.41) is 3.83. The van der Waals surface area contributed by atoms with Gasteiger partial charge in [0, 0.05) is 61.6 Å². The number of hydrogen-bond donors (Lipinski definition) is 0. The van der Waals surface area contributed by atoms with Crippen molar-refractivity contribution in [2.24, 2.45) is 7.05 Å². The van der Waals surface area contributed by atoms with Crippen LogP contribution in [-0.2, 0) is 29.6 Å². The van der Waals surface area contributed by atoms with Gasteiger partial charge in [-0.2, -0.15) is 39.1 Å². The number of aromatic nitrogens is 3. The number of ketones is 1. The van der Waals surface area contributed by atoms with Crippen LogP contribution in [0.5, 0.6) is 0 Å². The molecule has 41 heavy (non-hydrogen) atoms. The first-order valence-electron chi connectivity index (χ1n) is 12.7. The monoisotopic (exact) mass is 618 g/mol. The van der Waals surface area contributed by atoms with Gasteiger partial charge >= 0.3 is 22.6 Å². The smallest absolute Gasteiger partial charge is 0.295 e. The van der Waals surface area contributed by atoms with Crippen LogP contribution < -0.4 is 3.97 Å². The van der Waals surface area contributed by atoms with E-state index in [2.05, 4.69) is 5.10 Å². The van der Waals surface area contributed by atoms with Gasteiger partial charge in [0.1, 0.15) is 0 Å². The second-order valence-electron chi connectivity index (χ2n) is 10.4. The third kappa shape index (κ3) is 6.71. The first-order chi connectivity index (χ1) is 18.8. The lowest BCUT2D eigenvalue weighted by molar-refractivity contribution is -0.517. The van der Waals surface area contributed by atoms with Crippen LogP contribution >= 0.6 is 0 Å². The van der Waals surface area contributed by atoms with E-state index in [9.17, 15) is 48.3 Å². The van der Waals surface area contributed by atoms with Crippen molar-refractivity contribution in [2.45, 2.75) is 62.3 Å². The first-order valence-corrected chi connectivity index (χ1v) is 14.1. The Morgan fingerprint density at radius 1 is 0.976 bits per heavy atom. The molecule has 2 aliphatic rings. The SMILES string of the molecule is Cn1c[n+](S(=O)(=O)N2CCN(C3(CCC(=O)c4ccc(C(F)(F)F)cc4C(F)(F)F)CCC(F)(F)CC3)CC2)cn1. The summed E-state index contributed by atoms with van der Waals surface area (Å²) in [7, 11) is -2.41. The van der Waals surface area contributed by atoms with Crippen LogP contribution in [0.2, 0.25) is 0 Å². The average molecular weight is 619 g/mol. The molecule has 0 bridgehead atoms. The lowest BCUT2D eigenvalue weighted by atomic mass is 9.74. The molecule has 2 fully saturated rings. The van der Waals surface area contributed by atoms with Crippen molar-refractivity contribution in [3.63, 3.8) is 0 Å². The van der Waals surface area contributed by atoms with Gasteiger partial charge in [-0.25, -0.2) is 8.78 Å². The molecular formula is C24H28F8N5O3S+. The van der Waals surface area contributed by atoms with E-state index in [0.29, 0.717) is 12.1 Å². The van der Waals surface area contributed by atoms with E-state index in [1.54, 1.807) is 4.90 Å². The van der Waals surface area contributed by atoms with E-state index in [1.807, 2.05) is 0 Å². The number of alkyl halides is 8. The maximum atomic E-state index is 14.1. The molecule has 0 spiro atoms. The van der Waals surface area contributed by atoms with E-state index < -0.39 is 75.8 Å². The molecule has 0 radical (unpaired) electrons. The number of hydrogen-bond acceptors (Lipinski definition) is 5. The summed E-state index contributed by atoms with van der Waals surface area (Å²) in [6.45, 7) is 0.225. The summed E-state index contributed by atoms with van der Waals surface area (Å²) in [6, 6.07) is 0.791. The summed E-state index contributed by atoms with van der Waals surface area (Å²) in [5.74, 6) is -4.02. The minimum absolute atomic E-state index is 0.00650. The van der Waals surface area contributed by atoms with Crippen LogP contribution in [0.1, 0.15) is 60.0 Å². The molecule has 17 heteroatoms. The fourth-order valence-electron chi connectivity index (χ4n) is 5.49. The van der Waals surface area contributed by atoms with Gasteiger partial charge in [-0.3, -0.25) is 9.69 Å². The molecule has 0 N–H and O–H groups in total. The van der Waals surface area contributed by atoms with Gasteiger partial charge in [0.25, 0.3) is 6.33 Å². The maximum absolute atomic E-state index is 14.1. The van der Waals surface area contributed by atoms with Gasteiger partial charge in [0.05, 0.1) is 18.2 Å². The predicted octanol–water partition coefficient (Wildman–Crippen LogP) is 4.07. The van der Waals surface area contributed by atoms with E-state index in [-0.39, 0.29) is 51.5 Å². The Kier molecular flexibility index (Phi) is 8.30. The van der Waals surface area contributed by atoms with Crippen molar-refractivity contribution in [2.75, 3.05) is 26.2 Å². The Labute approximate surface area is 230 Å². The topological polar surface area (TPSA) is 79.4 Å². The van der Waals surface area contributed by atoms with E-state index >= 15 is 0 Å². The highest BCUT2D eigenvalue weighted by atomic mass is 32.2. The fraction of sp³-hybridized carbons (Fsp3) is 0.625. The Morgan fingerprint density at radius 3 is 2.10 bits per heavy atom. The van der Waals surface area contributed by atoms with Crippen LogP contribution in [0.25, 0.3) is 0 Å². The molecule has 1 aliphatic heterocycles. The van der Waals surface area contributed by atoms with Crippen LogP contribution in [0.4, 0.5) is 35.1 Å². The van der Waals surface area contributed by atoms with Crippen LogP contribution in [0.3, 0.4) is 0 Å². The molecule has 1 aliphatic carbocycles. The van der Waals surface area contributed by atoms with Crippen molar-refractivity contribution in [3.05, 3.63) is 47.5 Å². The molecule has 1 aromatic carbocycles. The zero-order valence-corrected chi connectivity index (χ0v) is 22.7. The van der Waals surface area contributed by atoms with Crippen LogP contribution in [0, 0.1) is 0 Å². The van der Waals surface area contributed by atoms with E-state index in [1.165, 1.54) is 22.4 Å².